The van der Waals surface area contributed by atoms with Gasteiger partial charge in [-0.2, -0.15) is 0 Å². The van der Waals surface area contributed by atoms with Crippen LogP contribution in [-0.2, 0) is 9.47 Å². The van der Waals surface area contributed by atoms with Gasteiger partial charge in [0.15, 0.2) is 6.29 Å². The lowest BCUT2D eigenvalue weighted by Crippen LogP contribution is -2.24. The smallest absolute Gasteiger partial charge is 0.157 e. The predicted octanol–water partition coefficient (Wildman–Crippen LogP) is 2.92. The van der Waals surface area contributed by atoms with Crippen LogP contribution in [0.2, 0.25) is 0 Å². The lowest BCUT2D eigenvalue weighted by molar-refractivity contribution is -0.165. The summed E-state index contributed by atoms with van der Waals surface area (Å²) in [5.74, 6) is 0.931. The van der Waals surface area contributed by atoms with Gasteiger partial charge in [-0.1, -0.05) is 18.2 Å². The Morgan fingerprint density at radius 3 is 2.88 bits per heavy atom. The van der Waals surface area contributed by atoms with E-state index in [1.807, 2.05) is 31.2 Å². The van der Waals surface area contributed by atoms with Gasteiger partial charge < -0.3 is 14.2 Å². The second-order valence-corrected chi connectivity index (χ2v) is 4.28. The molecule has 1 heterocycles. The summed E-state index contributed by atoms with van der Waals surface area (Å²) in [7, 11) is 0. The summed E-state index contributed by atoms with van der Waals surface area (Å²) in [5, 5.41) is 0. The van der Waals surface area contributed by atoms with E-state index >= 15 is 0 Å². The quantitative estimate of drug-likeness (QED) is 0.736. The summed E-state index contributed by atoms with van der Waals surface area (Å²) in [4.78, 5) is 0. The summed E-state index contributed by atoms with van der Waals surface area (Å²) in [6.45, 7) is 4.02. The van der Waals surface area contributed by atoms with Crippen LogP contribution in [0, 0.1) is 6.92 Å². The molecule has 2 rings (SSSR count). The van der Waals surface area contributed by atoms with Crippen molar-refractivity contribution in [1.29, 1.82) is 0 Å². The van der Waals surface area contributed by atoms with E-state index in [1.54, 1.807) is 0 Å². The summed E-state index contributed by atoms with van der Waals surface area (Å²) in [6, 6.07) is 8.01. The lowest BCUT2D eigenvalue weighted by atomic mass is 10.2. The first-order valence-corrected chi connectivity index (χ1v) is 6.28. The van der Waals surface area contributed by atoms with Gasteiger partial charge >= 0.3 is 0 Å². The molecule has 3 heteroatoms. The van der Waals surface area contributed by atoms with Gasteiger partial charge in [0.25, 0.3) is 0 Å². The Balaban J connectivity index is 1.64. The molecular weight excluding hydrogens is 216 g/mol. The highest BCUT2D eigenvalue weighted by atomic mass is 16.7. The Kier molecular flexibility index (Phi) is 4.83. The first-order valence-electron chi connectivity index (χ1n) is 6.28. The summed E-state index contributed by atoms with van der Waals surface area (Å²) in [5.41, 5.74) is 1.15. The van der Waals surface area contributed by atoms with Crippen molar-refractivity contribution in [2.45, 2.75) is 32.5 Å². The zero-order valence-corrected chi connectivity index (χ0v) is 10.4. The van der Waals surface area contributed by atoms with Gasteiger partial charge in [0.2, 0.25) is 0 Å². The van der Waals surface area contributed by atoms with E-state index in [9.17, 15) is 0 Å². The van der Waals surface area contributed by atoms with Crippen LogP contribution in [0.1, 0.15) is 24.8 Å². The average Bonchev–Trinajstić information content (AvgIpc) is 2.38. The van der Waals surface area contributed by atoms with Crippen molar-refractivity contribution in [3.63, 3.8) is 0 Å². The number of benzene rings is 1. The topological polar surface area (TPSA) is 27.7 Å². The van der Waals surface area contributed by atoms with Gasteiger partial charge in [0.05, 0.1) is 6.61 Å². The third-order valence-corrected chi connectivity index (χ3v) is 2.88. The van der Waals surface area contributed by atoms with Crippen LogP contribution in [0.5, 0.6) is 5.75 Å². The van der Waals surface area contributed by atoms with Gasteiger partial charge in [-0.3, -0.25) is 0 Å². The van der Waals surface area contributed by atoms with Crippen LogP contribution < -0.4 is 4.74 Å². The lowest BCUT2D eigenvalue weighted by Gasteiger charge is -2.22. The molecule has 0 radical (unpaired) electrons. The molecule has 1 aliphatic rings. The first kappa shape index (κ1) is 12.4. The molecule has 1 saturated heterocycles. The molecule has 1 aromatic rings. The molecule has 0 aliphatic carbocycles. The zero-order valence-electron chi connectivity index (χ0n) is 10.4. The molecule has 0 N–H and O–H groups in total. The second-order valence-electron chi connectivity index (χ2n) is 4.28. The monoisotopic (exact) mass is 236 g/mol. The fourth-order valence-electron chi connectivity index (χ4n) is 1.89. The Labute approximate surface area is 103 Å². The van der Waals surface area contributed by atoms with E-state index < -0.39 is 0 Å². The molecule has 0 bridgehead atoms. The van der Waals surface area contributed by atoms with E-state index in [0.717, 1.165) is 30.8 Å². The zero-order chi connectivity index (χ0) is 11.9. The minimum Gasteiger partial charge on any atom is -0.491 e. The van der Waals surface area contributed by atoms with Gasteiger partial charge in [0, 0.05) is 6.61 Å². The summed E-state index contributed by atoms with van der Waals surface area (Å²) >= 11 is 0. The molecule has 0 aromatic heterocycles. The van der Waals surface area contributed by atoms with E-state index in [4.69, 9.17) is 14.2 Å². The van der Waals surface area contributed by atoms with Gasteiger partial charge in [0.1, 0.15) is 12.4 Å². The Hall–Kier alpha value is -1.06. The van der Waals surface area contributed by atoms with Crippen molar-refractivity contribution in [2.24, 2.45) is 0 Å². The van der Waals surface area contributed by atoms with Gasteiger partial charge in [-0.05, 0) is 37.8 Å². The Bertz CT molecular complexity index is 332. The number of hydrogen-bond acceptors (Lipinski definition) is 3. The van der Waals surface area contributed by atoms with Crippen LogP contribution in [0.3, 0.4) is 0 Å². The van der Waals surface area contributed by atoms with Gasteiger partial charge in [-0.25, -0.2) is 0 Å². The Morgan fingerprint density at radius 1 is 1.24 bits per heavy atom. The minimum absolute atomic E-state index is 0.0239. The molecule has 0 unspecified atom stereocenters. The SMILES string of the molecule is Cc1ccccc1OCCO[C@@H]1CCCCO1. The van der Waals surface area contributed by atoms with Crippen molar-refractivity contribution in [2.75, 3.05) is 19.8 Å². The normalized spacial score (nSPS) is 20.2. The van der Waals surface area contributed by atoms with Crippen molar-refractivity contribution in [1.82, 2.24) is 0 Å². The Morgan fingerprint density at radius 2 is 2.12 bits per heavy atom. The summed E-state index contributed by atoms with van der Waals surface area (Å²) in [6.07, 6.45) is 3.33. The van der Waals surface area contributed by atoms with Gasteiger partial charge in [-0.15, -0.1) is 0 Å². The average molecular weight is 236 g/mol. The maximum Gasteiger partial charge on any atom is 0.157 e. The highest BCUT2D eigenvalue weighted by molar-refractivity contribution is 5.31. The molecule has 94 valence electrons. The van der Waals surface area contributed by atoms with Crippen LogP contribution in [-0.4, -0.2) is 26.1 Å². The van der Waals surface area contributed by atoms with Crippen molar-refractivity contribution in [3.05, 3.63) is 29.8 Å². The van der Waals surface area contributed by atoms with E-state index in [2.05, 4.69) is 0 Å². The predicted molar refractivity (Wildman–Crippen MR) is 66.2 cm³/mol. The fraction of sp³-hybridized carbons (Fsp3) is 0.571. The number of hydrogen-bond donors (Lipinski definition) is 0. The van der Waals surface area contributed by atoms with Crippen LogP contribution in [0.4, 0.5) is 0 Å². The number of rotatable bonds is 5. The maximum atomic E-state index is 5.65. The molecule has 0 amide bonds. The number of ether oxygens (including phenoxy) is 3. The van der Waals surface area contributed by atoms with E-state index in [-0.39, 0.29) is 6.29 Å². The van der Waals surface area contributed by atoms with E-state index in [0.29, 0.717) is 13.2 Å². The molecule has 0 saturated carbocycles. The van der Waals surface area contributed by atoms with Crippen molar-refractivity contribution < 1.29 is 14.2 Å². The third-order valence-electron chi connectivity index (χ3n) is 2.88. The molecule has 1 aliphatic heterocycles. The molecule has 17 heavy (non-hydrogen) atoms. The molecule has 3 nitrogen and oxygen atoms in total. The molecule has 1 atom stereocenters. The molecule has 1 fully saturated rings. The molecule has 0 spiro atoms. The highest BCUT2D eigenvalue weighted by Gasteiger charge is 2.13. The van der Waals surface area contributed by atoms with Crippen molar-refractivity contribution in [3.8, 4) is 5.75 Å². The fourth-order valence-corrected chi connectivity index (χ4v) is 1.89. The van der Waals surface area contributed by atoms with Crippen LogP contribution in [0.15, 0.2) is 24.3 Å². The molecule has 1 aromatic carbocycles. The third kappa shape index (κ3) is 4.02. The minimum atomic E-state index is -0.0239. The maximum absolute atomic E-state index is 5.65. The summed E-state index contributed by atoms with van der Waals surface area (Å²) < 4.78 is 16.7. The molecular formula is C14H20O3. The number of para-hydroxylation sites is 1. The standard InChI is InChI=1S/C14H20O3/c1-12-6-2-3-7-13(12)15-10-11-17-14-8-4-5-9-16-14/h2-3,6-7,14H,4-5,8-11H2,1H3/t14-/m1/s1. The van der Waals surface area contributed by atoms with Crippen LogP contribution in [0.25, 0.3) is 0 Å². The second kappa shape index (κ2) is 6.62. The highest BCUT2D eigenvalue weighted by Crippen LogP contribution is 2.16. The van der Waals surface area contributed by atoms with E-state index in [1.165, 1.54) is 6.42 Å². The largest absolute Gasteiger partial charge is 0.491 e. The first-order chi connectivity index (χ1) is 8.36. The van der Waals surface area contributed by atoms with Crippen LogP contribution >= 0.6 is 0 Å². The number of aryl methyl sites for hydroxylation is 1. The van der Waals surface area contributed by atoms with Crippen molar-refractivity contribution >= 4 is 0 Å².